The smallest absolute Gasteiger partial charge is 0.224 e. The number of fused-ring (bicyclic) bond motifs is 1. The topological polar surface area (TPSA) is 37.8 Å². The zero-order chi connectivity index (χ0) is 12.1. The first-order chi connectivity index (χ1) is 8.31. The van der Waals surface area contributed by atoms with Crippen molar-refractivity contribution in [3.8, 4) is 0 Å². The van der Waals surface area contributed by atoms with Crippen molar-refractivity contribution in [2.75, 3.05) is 11.9 Å². The van der Waals surface area contributed by atoms with Gasteiger partial charge in [-0.1, -0.05) is 19.8 Å². The third-order valence-corrected chi connectivity index (χ3v) is 3.40. The van der Waals surface area contributed by atoms with Crippen molar-refractivity contribution in [1.29, 1.82) is 0 Å². The molecule has 0 atom stereocenters. The molecular formula is C13H20ClN3. The first-order valence-electron chi connectivity index (χ1n) is 6.60. The highest BCUT2D eigenvalue weighted by atomic mass is 35.5. The lowest BCUT2D eigenvalue weighted by molar-refractivity contribution is 0.662. The Hall–Kier alpha value is -0.830. The summed E-state index contributed by atoms with van der Waals surface area (Å²) in [5, 5.41) is 3.79. The number of nitrogens with one attached hydrogen (secondary N) is 1. The summed E-state index contributed by atoms with van der Waals surface area (Å²) in [6, 6.07) is 0. The molecule has 1 heterocycles. The third-order valence-electron chi connectivity index (χ3n) is 3.23. The van der Waals surface area contributed by atoms with Gasteiger partial charge < -0.3 is 5.32 Å². The third kappa shape index (κ3) is 3.32. The van der Waals surface area contributed by atoms with E-state index in [-0.39, 0.29) is 0 Å². The number of aromatic nitrogens is 2. The van der Waals surface area contributed by atoms with Crippen LogP contribution in [0.4, 0.5) is 5.82 Å². The van der Waals surface area contributed by atoms with Crippen LogP contribution in [0, 0.1) is 0 Å². The molecule has 3 nitrogen and oxygen atoms in total. The normalized spacial score (nSPS) is 14.5. The van der Waals surface area contributed by atoms with Crippen LogP contribution < -0.4 is 5.32 Å². The molecule has 0 aromatic carbocycles. The molecule has 0 saturated heterocycles. The van der Waals surface area contributed by atoms with Gasteiger partial charge >= 0.3 is 0 Å². The van der Waals surface area contributed by atoms with E-state index in [1.165, 1.54) is 37.7 Å². The lowest BCUT2D eigenvalue weighted by Gasteiger charge is -2.18. The van der Waals surface area contributed by atoms with Crippen LogP contribution in [0.2, 0.25) is 5.28 Å². The van der Waals surface area contributed by atoms with Crippen LogP contribution in [0.3, 0.4) is 0 Å². The maximum atomic E-state index is 5.96. The highest BCUT2D eigenvalue weighted by Crippen LogP contribution is 2.26. The molecule has 94 valence electrons. The fraction of sp³-hybridized carbons (Fsp3) is 0.692. The van der Waals surface area contributed by atoms with E-state index >= 15 is 0 Å². The molecule has 0 radical (unpaired) electrons. The van der Waals surface area contributed by atoms with Crippen molar-refractivity contribution in [1.82, 2.24) is 9.97 Å². The number of nitrogens with zero attached hydrogens (tertiary/aromatic N) is 2. The van der Waals surface area contributed by atoms with Gasteiger partial charge in [0.2, 0.25) is 5.28 Å². The number of aryl methyl sites for hydroxylation is 1. The molecule has 1 N–H and O–H groups in total. The molecule has 17 heavy (non-hydrogen) atoms. The minimum absolute atomic E-state index is 0.378. The van der Waals surface area contributed by atoms with E-state index in [0.717, 1.165) is 30.9 Å². The van der Waals surface area contributed by atoms with Gasteiger partial charge in [-0.25, -0.2) is 9.97 Å². The van der Waals surface area contributed by atoms with E-state index in [0.29, 0.717) is 5.28 Å². The maximum absolute atomic E-state index is 5.96. The van der Waals surface area contributed by atoms with Gasteiger partial charge in [-0.3, -0.25) is 0 Å². The minimum Gasteiger partial charge on any atom is -0.370 e. The summed E-state index contributed by atoms with van der Waals surface area (Å²) in [5.41, 5.74) is 2.44. The van der Waals surface area contributed by atoms with Crippen molar-refractivity contribution < 1.29 is 0 Å². The molecule has 0 saturated carbocycles. The molecule has 4 heteroatoms. The predicted octanol–water partition coefficient (Wildman–Crippen LogP) is 3.61. The van der Waals surface area contributed by atoms with Gasteiger partial charge in [0.05, 0.1) is 5.69 Å². The summed E-state index contributed by atoms with van der Waals surface area (Å²) in [4.78, 5) is 8.66. The van der Waals surface area contributed by atoms with E-state index < -0.39 is 0 Å². The van der Waals surface area contributed by atoms with Crippen molar-refractivity contribution in [2.24, 2.45) is 0 Å². The van der Waals surface area contributed by atoms with Crippen LogP contribution in [0.1, 0.15) is 50.3 Å². The second kappa shape index (κ2) is 6.20. The van der Waals surface area contributed by atoms with Gasteiger partial charge in [0.25, 0.3) is 0 Å². The molecule has 1 aromatic rings. The Balaban J connectivity index is 2.07. The van der Waals surface area contributed by atoms with Crippen molar-refractivity contribution in [3.63, 3.8) is 0 Å². The molecule has 0 fully saturated rings. The number of halogens is 1. The number of hydrogen-bond acceptors (Lipinski definition) is 3. The van der Waals surface area contributed by atoms with Gasteiger partial charge in [-0.2, -0.15) is 0 Å². The largest absolute Gasteiger partial charge is 0.370 e. The average Bonchev–Trinajstić information content (AvgIpc) is 2.34. The molecule has 1 aromatic heterocycles. The summed E-state index contributed by atoms with van der Waals surface area (Å²) >= 11 is 5.96. The van der Waals surface area contributed by atoms with E-state index in [4.69, 9.17) is 11.6 Å². The Morgan fingerprint density at radius 1 is 1.18 bits per heavy atom. The fourth-order valence-corrected chi connectivity index (χ4v) is 2.48. The van der Waals surface area contributed by atoms with Crippen molar-refractivity contribution >= 4 is 17.4 Å². The zero-order valence-corrected chi connectivity index (χ0v) is 11.2. The molecule has 0 spiro atoms. The quantitative estimate of drug-likeness (QED) is 0.644. The first-order valence-corrected chi connectivity index (χ1v) is 6.98. The number of rotatable bonds is 5. The number of unbranched alkanes of at least 4 members (excludes halogenated alkanes) is 2. The Morgan fingerprint density at radius 3 is 2.82 bits per heavy atom. The van der Waals surface area contributed by atoms with Gasteiger partial charge in [-0.05, 0) is 43.7 Å². The number of hydrogen-bond donors (Lipinski definition) is 1. The molecule has 1 aliphatic carbocycles. The molecule has 0 aliphatic heterocycles. The molecule has 0 bridgehead atoms. The Morgan fingerprint density at radius 2 is 2.00 bits per heavy atom. The summed E-state index contributed by atoms with van der Waals surface area (Å²) in [5.74, 6) is 0.968. The summed E-state index contributed by atoms with van der Waals surface area (Å²) in [6.07, 6.45) is 8.27. The van der Waals surface area contributed by atoms with E-state index in [2.05, 4.69) is 22.2 Å². The van der Waals surface area contributed by atoms with Crippen LogP contribution in [-0.4, -0.2) is 16.5 Å². The van der Waals surface area contributed by atoms with Gasteiger partial charge in [0, 0.05) is 12.1 Å². The van der Waals surface area contributed by atoms with Gasteiger partial charge in [0.15, 0.2) is 0 Å². The Labute approximate surface area is 108 Å². The molecule has 2 rings (SSSR count). The summed E-state index contributed by atoms with van der Waals surface area (Å²) in [6.45, 7) is 3.19. The number of anilines is 1. The van der Waals surface area contributed by atoms with Crippen molar-refractivity contribution in [3.05, 3.63) is 16.5 Å². The van der Waals surface area contributed by atoms with Gasteiger partial charge in [0.1, 0.15) is 5.82 Å². The van der Waals surface area contributed by atoms with Crippen molar-refractivity contribution in [2.45, 2.75) is 51.9 Å². The van der Waals surface area contributed by atoms with E-state index in [9.17, 15) is 0 Å². The van der Waals surface area contributed by atoms with E-state index in [1.807, 2.05) is 0 Å². The first kappa shape index (κ1) is 12.6. The lowest BCUT2D eigenvalue weighted by Crippen LogP contribution is -2.13. The minimum atomic E-state index is 0.378. The average molecular weight is 254 g/mol. The van der Waals surface area contributed by atoms with E-state index in [1.54, 1.807) is 0 Å². The van der Waals surface area contributed by atoms with Gasteiger partial charge in [-0.15, -0.1) is 0 Å². The highest BCUT2D eigenvalue weighted by molar-refractivity contribution is 6.28. The van der Waals surface area contributed by atoms with Crippen LogP contribution >= 0.6 is 11.6 Å². The van der Waals surface area contributed by atoms with Crippen LogP contribution in [-0.2, 0) is 12.8 Å². The second-order valence-electron chi connectivity index (χ2n) is 4.61. The predicted molar refractivity (Wildman–Crippen MR) is 71.7 cm³/mol. The summed E-state index contributed by atoms with van der Waals surface area (Å²) in [7, 11) is 0. The van der Waals surface area contributed by atoms with Crippen LogP contribution in [0.15, 0.2) is 0 Å². The SMILES string of the molecule is CCCCCNc1nc(Cl)nc2c1CCCC2. The second-order valence-corrected chi connectivity index (χ2v) is 4.95. The highest BCUT2D eigenvalue weighted by Gasteiger charge is 2.16. The summed E-state index contributed by atoms with van der Waals surface area (Å²) < 4.78 is 0. The Bertz CT molecular complexity index is 379. The fourth-order valence-electron chi connectivity index (χ4n) is 2.29. The molecular weight excluding hydrogens is 234 g/mol. The molecule has 0 unspecified atom stereocenters. The molecule has 1 aliphatic rings. The monoisotopic (exact) mass is 253 g/mol. The maximum Gasteiger partial charge on any atom is 0.224 e. The Kier molecular flexibility index (Phi) is 4.60. The zero-order valence-electron chi connectivity index (χ0n) is 10.4. The molecule has 0 amide bonds. The standard InChI is InChI=1S/C13H20ClN3/c1-2-3-6-9-15-12-10-7-4-5-8-11(10)16-13(14)17-12/h2-9H2,1H3,(H,15,16,17). The lowest BCUT2D eigenvalue weighted by atomic mass is 9.96. The van der Waals surface area contributed by atoms with Crippen LogP contribution in [0.25, 0.3) is 0 Å². The van der Waals surface area contributed by atoms with Crippen LogP contribution in [0.5, 0.6) is 0 Å².